The van der Waals surface area contributed by atoms with Crippen molar-refractivity contribution < 1.29 is 14.0 Å². The molecule has 35 heavy (non-hydrogen) atoms. The van der Waals surface area contributed by atoms with Crippen LogP contribution in [0.1, 0.15) is 43.7 Å². The second-order valence-corrected chi connectivity index (χ2v) is 9.41. The summed E-state index contributed by atoms with van der Waals surface area (Å²) >= 11 is 1.63. The van der Waals surface area contributed by atoms with Crippen molar-refractivity contribution in [2.24, 2.45) is 0 Å². The molecule has 2 aromatic heterocycles. The quantitative estimate of drug-likeness (QED) is 0.333. The zero-order valence-electron chi connectivity index (χ0n) is 19.9. The van der Waals surface area contributed by atoms with Crippen LogP contribution in [0, 0.1) is 6.92 Å². The molecule has 0 aliphatic carbocycles. The van der Waals surface area contributed by atoms with Crippen molar-refractivity contribution in [3.8, 4) is 0 Å². The molecule has 4 aromatic rings. The highest BCUT2D eigenvalue weighted by Gasteiger charge is 2.20. The first-order valence-electron chi connectivity index (χ1n) is 11.5. The minimum atomic E-state index is -0.208. The smallest absolute Gasteiger partial charge is 0.251 e. The van der Waals surface area contributed by atoms with E-state index in [4.69, 9.17) is 4.42 Å². The van der Waals surface area contributed by atoms with Gasteiger partial charge in [0.05, 0.1) is 25.4 Å². The molecule has 0 bridgehead atoms. The van der Waals surface area contributed by atoms with Crippen LogP contribution in [-0.4, -0.2) is 30.3 Å². The Morgan fingerprint density at radius 3 is 2.37 bits per heavy atom. The fraction of sp³-hybridized carbons (Fsp3) is 0.214. The second-order valence-electron chi connectivity index (χ2n) is 8.43. The van der Waals surface area contributed by atoms with Gasteiger partial charge in [-0.15, -0.1) is 11.3 Å². The lowest BCUT2D eigenvalue weighted by Crippen LogP contribution is -2.38. The van der Waals surface area contributed by atoms with Gasteiger partial charge in [-0.25, -0.2) is 0 Å². The molecule has 2 amide bonds. The van der Waals surface area contributed by atoms with E-state index in [0.717, 1.165) is 21.8 Å². The first-order chi connectivity index (χ1) is 17.0. The SMILES string of the molecule is CNC(=O)c1ccc(CN(CC(=O)NC(c2ccc(C)cc2)c2cccs2)Cc2ccco2)cc1. The predicted molar refractivity (Wildman–Crippen MR) is 138 cm³/mol. The van der Waals surface area contributed by atoms with Gasteiger partial charge in [-0.2, -0.15) is 0 Å². The first kappa shape index (κ1) is 24.4. The molecule has 180 valence electrons. The maximum absolute atomic E-state index is 13.3. The number of benzene rings is 2. The molecule has 0 saturated heterocycles. The number of nitrogens with one attached hydrogen (secondary N) is 2. The van der Waals surface area contributed by atoms with Gasteiger partial charge in [0.1, 0.15) is 5.76 Å². The van der Waals surface area contributed by atoms with E-state index in [1.165, 1.54) is 5.56 Å². The zero-order chi connectivity index (χ0) is 24.6. The fourth-order valence-corrected chi connectivity index (χ4v) is 4.70. The fourth-order valence-electron chi connectivity index (χ4n) is 3.90. The monoisotopic (exact) mass is 487 g/mol. The molecule has 6 nitrogen and oxygen atoms in total. The van der Waals surface area contributed by atoms with E-state index in [9.17, 15) is 9.59 Å². The standard InChI is InChI=1S/C28H29N3O3S/c1-20-7-11-22(12-8-20)27(25-6-4-16-35-25)30-26(32)19-31(18-24-5-3-15-34-24)17-21-9-13-23(14-10-21)28(33)29-2/h3-16,27H,17-19H2,1-2H3,(H,29,33)(H,30,32). The summed E-state index contributed by atoms with van der Waals surface area (Å²) < 4.78 is 5.54. The Labute approximate surface area is 209 Å². The second kappa shape index (κ2) is 11.6. The van der Waals surface area contributed by atoms with Crippen molar-refractivity contribution in [2.45, 2.75) is 26.1 Å². The third-order valence-corrected chi connectivity index (χ3v) is 6.66. The van der Waals surface area contributed by atoms with Crippen LogP contribution < -0.4 is 10.6 Å². The minimum Gasteiger partial charge on any atom is -0.468 e. The number of amides is 2. The van der Waals surface area contributed by atoms with Crippen molar-refractivity contribution in [3.05, 3.63) is 117 Å². The molecule has 0 aliphatic heterocycles. The molecule has 4 rings (SSSR count). The van der Waals surface area contributed by atoms with Gasteiger partial charge in [0.25, 0.3) is 5.91 Å². The molecule has 2 heterocycles. The summed E-state index contributed by atoms with van der Waals surface area (Å²) in [7, 11) is 1.61. The van der Waals surface area contributed by atoms with Gasteiger partial charge in [0, 0.05) is 24.0 Å². The summed E-state index contributed by atoms with van der Waals surface area (Å²) in [5.74, 6) is 0.588. The lowest BCUT2D eigenvalue weighted by atomic mass is 10.0. The van der Waals surface area contributed by atoms with Crippen LogP contribution in [0.25, 0.3) is 0 Å². The minimum absolute atomic E-state index is 0.0717. The molecular formula is C28H29N3O3S. The van der Waals surface area contributed by atoms with Crippen LogP contribution in [0.15, 0.2) is 88.9 Å². The number of hydrogen-bond acceptors (Lipinski definition) is 5. The highest BCUT2D eigenvalue weighted by molar-refractivity contribution is 7.10. The molecule has 1 atom stereocenters. The Kier molecular flexibility index (Phi) is 8.13. The average Bonchev–Trinajstić information content (AvgIpc) is 3.58. The van der Waals surface area contributed by atoms with E-state index in [2.05, 4.69) is 41.8 Å². The normalized spacial score (nSPS) is 11.9. The summed E-state index contributed by atoms with van der Waals surface area (Å²) in [5.41, 5.74) is 3.83. The van der Waals surface area contributed by atoms with Crippen LogP contribution >= 0.6 is 11.3 Å². The highest BCUT2D eigenvalue weighted by atomic mass is 32.1. The molecule has 2 aromatic carbocycles. The number of rotatable bonds is 10. The number of aryl methyl sites for hydroxylation is 1. The number of carbonyl (C=O) groups is 2. The first-order valence-corrected chi connectivity index (χ1v) is 12.3. The van der Waals surface area contributed by atoms with E-state index in [0.29, 0.717) is 18.7 Å². The lowest BCUT2D eigenvalue weighted by molar-refractivity contribution is -0.123. The van der Waals surface area contributed by atoms with Crippen molar-refractivity contribution >= 4 is 23.2 Å². The third kappa shape index (κ3) is 6.68. The molecule has 0 fully saturated rings. The van der Waals surface area contributed by atoms with Crippen molar-refractivity contribution in [1.29, 1.82) is 0 Å². The van der Waals surface area contributed by atoms with Gasteiger partial charge in [0.15, 0.2) is 0 Å². The van der Waals surface area contributed by atoms with Crippen molar-refractivity contribution in [1.82, 2.24) is 15.5 Å². The Morgan fingerprint density at radius 2 is 1.74 bits per heavy atom. The summed E-state index contributed by atoms with van der Waals surface area (Å²) in [6, 6.07) is 23.3. The number of carbonyl (C=O) groups excluding carboxylic acids is 2. The predicted octanol–water partition coefficient (Wildman–Crippen LogP) is 4.92. The summed E-state index contributed by atoms with van der Waals surface area (Å²) in [5, 5.41) is 7.88. The van der Waals surface area contributed by atoms with E-state index in [-0.39, 0.29) is 24.4 Å². The van der Waals surface area contributed by atoms with Gasteiger partial charge in [-0.3, -0.25) is 14.5 Å². The molecule has 7 heteroatoms. The third-order valence-electron chi connectivity index (χ3n) is 5.72. The summed E-state index contributed by atoms with van der Waals surface area (Å²) in [4.78, 5) is 28.2. The van der Waals surface area contributed by atoms with Crippen LogP contribution in [0.3, 0.4) is 0 Å². The topological polar surface area (TPSA) is 74.6 Å². The number of thiophene rings is 1. The molecule has 1 unspecified atom stereocenters. The van der Waals surface area contributed by atoms with E-state index in [1.54, 1.807) is 36.8 Å². The Balaban J connectivity index is 1.49. The number of hydrogen-bond donors (Lipinski definition) is 2. The highest BCUT2D eigenvalue weighted by Crippen LogP contribution is 2.26. The average molecular weight is 488 g/mol. The maximum atomic E-state index is 13.3. The molecule has 0 spiro atoms. The molecule has 0 aliphatic rings. The molecular weight excluding hydrogens is 458 g/mol. The van der Waals surface area contributed by atoms with Gasteiger partial charge in [-0.05, 0) is 53.8 Å². The number of nitrogens with zero attached hydrogens (tertiary/aromatic N) is 1. The van der Waals surface area contributed by atoms with Crippen LogP contribution in [0.4, 0.5) is 0 Å². The van der Waals surface area contributed by atoms with Crippen LogP contribution in [-0.2, 0) is 17.9 Å². The van der Waals surface area contributed by atoms with E-state index >= 15 is 0 Å². The largest absolute Gasteiger partial charge is 0.468 e. The van der Waals surface area contributed by atoms with Gasteiger partial charge >= 0.3 is 0 Å². The van der Waals surface area contributed by atoms with Gasteiger partial charge in [-0.1, -0.05) is 48.0 Å². The number of furan rings is 1. The van der Waals surface area contributed by atoms with E-state index in [1.807, 2.05) is 46.7 Å². The van der Waals surface area contributed by atoms with Crippen molar-refractivity contribution in [2.75, 3.05) is 13.6 Å². The lowest BCUT2D eigenvalue weighted by Gasteiger charge is -2.24. The molecule has 2 N–H and O–H groups in total. The van der Waals surface area contributed by atoms with Crippen LogP contribution in [0.5, 0.6) is 0 Å². The van der Waals surface area contributed by atoms with Crippen molar-refractivity contribution in [3.63, 3.8) is 0 Å². The Bertz CT molecular complexity index is 1220. The Morgan fingerprint density at radius 1 is 0.971 bits per heavy atom. The molecule has 0 saturated carbocycles. The van der Waals surface area contributed by atoms with E-state index < -0.39 is 0 Å². The zero-order valence-corrected chi connectivity index (χ0v) is 20.7. The maximum Gasteiger partial charge on any atom is 0.251 e. The Hall–Kier alpha value is -3.68. The summed E-state index contributed by atoms with van der Waals surface area (Å²) in [6.07, 6.45) is 1.63. The van der Waals surface area contributed by atoms with Crippen LogP contribution in [0.2, 0.25) is 0 Å². The summed E-state index contributed by atoms with van der Waals surface area (Å²) in [6.45, 7) is 3.28. The van der Waals surface area contributed by atoms with Gasteiger partial charge < -0.3 is 15.1 Å². The molecule has 0 radical (unpaired) electrons. The van der Waals surface area contributed by atoms with Gasteiger partial charge in [0.2, 0.25) is 5.91 Å².